The summed E-state index contributed by atoms with van der Waals surface area (Å²) in [5.41, 5.74) is 3.28. The lowest BCUT2D eigenvalue weighted by Gasteiger charge is -2.05. The van der Waals surface area contributed by atoms with Gasteiger partial charge in [-0.3, -0.25) is 9.78 Å². The zero-order valence-electron chi connectivity index (χ0n) is 10.5. The van der Waals surface area contributed by atoms with Crippen molar-refractivity contribution in [3.63, 3.8) is 0 Å². The summed E-state index contributed by atoms with van der Waals surface area (Å²) in [6.45, 7) is 1.91. The van der Waals surface area contributed by atoms with Gasteiger partial charge in [-0.05, 0) is 43.3 Å². The second-order valence-corrected chi connectivity index (χ2v) is 4.42. The zero-order valence-corrected chi connectivity index (χ0v) is 10.5. The monoisotopic (exact) mass is 251 g/mol. The number of anilines is 1. The smallest absolute Gasteiger partial charge is 0.255 e. The summed E-state index contributed by atoms with van der Waals surface area (Å²) in [6.07, 6.45) is 3.51. The molecule has 0 saturated heterocycles. The minimum atomic E-state index is -0.131. The second kappa shape index (κ2) is 4.57. The molecule has 0 aliphatic rings. The number of benzene rings is 1. The third-order valence-electron chi connectivity index (χ3n) is 2.98. The molecule has 0 spiro atoms. The summed E-state index contributed by atoms with van der Waals surface area (Å²) in [5, 5.41) is 3.85. The number of amides is 1. The highest BCUT2D eigenvalue weighted by Crippen LogP contribution is 2.15. The van der Waals surface area contributed by atoms with Crippen LogP contribution in [0.25, 0.3) is 10.9 Å². The number of H-pyrrole nitrogens is 1. The van der Waals surface area contributed by atoms with Gasteiger partial charge in [-0.2, -0.15) is 0 Å². The minimum absolute atomic E-state index is 0.131. The molecule has 1 aromatic carbocycles. The van der Waals surface area contributed by atoms with E-state index in [2.05, 4.69) is 15.3 Å². The molecule has 0 atom stereocenters. The molecule has 4 nitrogen and oxygen atoms in total. The van der Waals surface area contributed by atoms with E-state index < -0.39 is 0 Å². The van der Waals surface area contributed by atoms with E-state index >= 15 is 0 Å². The Hall–Kier alpha value is -2.62. The van der Waals surface area contributed by atoms with Gasteiger partial charge in [-0.15, -0.1) is 0 Å². The second-order valence-electron chi connectivity index (χ2n) is 4.42. The van der Waals surface area contributed by atoms with Crippen molar-refractivity contribution < 1.29 is 4.79 Å². The van der Waals surface area contributed by atoms with Crippen LogP contribution in [0.4, 0.5) is 5.69 Å². The average molecular weight is 251 g/mol. The number of nitrogens with zero attached hydrogens (tertiary/aromatic N) is 1. The maximum absolute atomic E-state index is 12.1. The molecule has 4 heteroatoms. The van der Waals surface area contributed by atoms with Crippen LogP contribution in [0.2, 0.25) is 0 Å². The third kappa shape index (κ3) is 2.33. The zero-order chi connectivity index (χ0) is 13.2. The Kier molecular flexibility index (Phi) is 2.76. The Labute approximate surface area is 110 Å². The normalized spacial score (nSPS) is 10.6. The van der Waals surface area contributed by atoms with Crippen molar-refractivity contribution in [1.82, 2.24) is 9.97 Å². The summed E-state index contributed by atoms with van der Waals surface area (Å²) in [6, 6.07) is 11.2. The van der Waals surface area contributed by atoms with Gasteiger partial charge < -0.3 is 10.3 Å². The number of nitrogens with one attached hydrogen (secondary N) is 2. The fourth-order valence-electron chi connectivity index (χ4n) is 1.94. The molecule has 0 radical (unpaired) electrons. The highest BCUT2D eigenvalue weighted by molar-refractivity contribution is 6.06. The van der Waals surface area contributed by atoms with E-state index in [-0.39, 0.29) is 5.91 Å². The molecular weight excluding hydrogens is 238 g/mol. The van der Waals surface area contributed by atoms with Gasteiger partial charge in [0.25, 0.3) is 5.91 Å². The molecule has 3 rings (SSSR count). The first-order valence-electron chi connectivity index (χ1n) is 6.03. The Morgan fingerprint density at radius 3 is 2.89 bits per heavy atom. The molecule has 2 aromatic heterocycles. The molecule has 3 aromatic rings. The summed E-state index contributed by atoms with van der Waals surface area (Å²) in [5.74, 6) is -0.131. The predicted molar refractivity (Wildman–Crippen MR) is 75.2 cm³/mol. The first kappa shape index (κ1) is 11.5. The fraction of sp³-hybridized carbons (Fsp3) is 0.0667. The lowest BCUT2D eigenvalue weighted by molar-refractivity contribution is 0.102. The highest BCUT2D eigenvalue weighted by atomic mass is 16.1. The summed E-state index contributed by atoms with van der Waals surface area (Å²) in [4.78, 5) is 19.4. The number of hydrogen-bond acceptors (Lipinski definition) is 2. The van der Waals surface area contributed by atoms with Gasteiger partial charge in [-0.1, -0.05) is 0 Å². The highest BCUT2D eigenvalue weighted by Gasteiger charge is 2.07. The van der Waals surface area contributed by atoms with Crippen LogP contribution in [-0.2, 0) is 0 Å². The van der Waals surface area contributed by atoms with E-state index in [1.165, 1.54) is 0 Å². The summed E-state index contributed by atoms with van der Waals surface area (Å²) < 4.78 is 0. The van der Waals surface area contributed by atoms with Gasteiger partial charge in [0.05, 0.1) is 11.9 Å². The SMILES string of the molecule is Cc1ccc(NC(=O)c2ccc3[nH]ccc3c2)cn1. The topological polar surface area (TPSA) is 57.8 Å². The van der Waals surface area contributed by atoms with Crippen LogP contribution in [0, 0.1) is 6.92 Å². The van der Waals surface area contributed by atoms with E-state index in [0.29, 0.717) is 11.3 Å². The number of aromatic nitrogens is 2. The Balaban J connectivity index is 1.84. The van der Waals surface area contributed by atoms with Crippen LogP contribution in [0.3, 0.4) is 0 Å². The molecule has 0 saturated carbocycles. The molecule has 0 bridgehead atoms. The van der Waals surface area contributed by atoms with E-state index in [1.54, 1.807) is 12.3 Å². The minimum Gasteiger partial charge on any atom is -0.361 e. The van der Waals surface area contributed by atoms with Crippen molar-refractivity contribution in [1.29, 1.82) is 0 Å². The first-order chi connectivity index (χ1) is 9.22. The van der Waals surface area contributed by atoms with Crippen LogP contribution in [0.5, 0.6) is 0 Å². The van der Waals surface area contributed by atoms with Crippen LogP contribution in [-0.4, -0.2) is 15.9 Å². The van der Waals surface area contributed by atoms with Crippen LogP contribution in [0.1, 0.15) is 16.1 Å². The molecule has 0 aliphatic carbocycles. The fourth-order valence-corrected chi connectivity index (χ4v) is 1.94. The van der Waals surface area contributed by atoms with Gasteiger partial charge >= 0.3 is 0 Å². The van der Waals surface area contributed by atoms with Crippen LogP contribution >= 0.6 is 0 Å². The largest absolute Gasteiger partial charge is 0.361 e. The lowest BCUT2D eigenvalue weighted by atomic mass is 10.1. The molecule has 19 heavy (non-hydrogen) atoms. The van der Waals surface area contributed by atoms with Gasteiger partial charge in [0.1, 0.15) is 0 Å². The van der Waals surface area contributed by atoms with Crippen molar-refractivity contribution in [2.45, 2.75) is 6.92 Å². The molecule has 2 heterocycles. The van der Waals surface area contributed by atoms with Gasteiger partial charge in [-0.25, -0.2) is 0 Å². The number of carbonyl (C=O) groups excluding carboxylic acids is 1. The number of aryl methyl sites for hydroxylation is 1. The van der Waals surface area contributed by atoms with Crippen molar-refractivity contribution in [2.75, 3.05) is 5.32 Å². The molecule has 94 valence electrons. The first-order valence-corrected chi connectivity index (χ1v) is 6.03. The molecule has 1 amide bonds. The van der Waals surface area contributed by atoms with Gasteiger partial charge in [0.2, 0.25) is 0 Å². The van der Waals surface area contributed by atoms with Crippen LogP contribution in [0.15, 0.2) is 48.8 Å². The number of hydrogen-bond donors (Lipinski definition) is 2. The predicted octanol–water partition coefficient (Wildman–Crippen LogP) is 3.12. The number of aromatic amines is 1. The van der Waals surface area contributed by atoms with E-state index in [9.17, 15) is 4.79 Å². The van der Waals surface area contributed by atoms with E-state index in [1.807, 2.05) is 43.5 Å². The molecule has 2 N–H and O–H groups in total. The molecular formula is C15H13N3O. The van der Waals surface area contributed by atoms with Gasteiger partial charge in [0, 0.05) is 28.4 Å². The number of carbonyl (C=O) groups is 1. The van der Waals surface area contributed by atoms with Crippen molar-refractivity contribution in [3.05, 3.63) is 60.0 Å². The number of pyridine rings is 1. The Morgan fingerprint density at radius 1 is 1.21 bits per heavy atom. The summed E-state index contributed by atoms with van der Waals surface area (Å²) in [7, 11) is 0. The standard InChI is InChI=1S/C15H13N3O/c1-10-2-4-13(9-17-10)18-15(19)12-3-5-14-11(8-12)6-7-16-14/h2-9,16H,1H3,(H,18,19). The van der Waals surface area contributed by atoms with Crippen molar-refractivity contribution in [3.8, 4) is 0 Å². The molecule has 0 unspecified atom stereocenters. The molecule has 0 fully saturated rings. The van der Waals surface area contributed by atoms with E-state index in [0.717, 1.165) is 16.6 Å². The third-order valence-corrected chi connectivity index (χ3v) is 2.98. The quantitative estimate of drug-likeness (QED) is 0.735. The maximum atomic E-state index is 12.1. The summed E-state index contributed by atoms with van der Waals surface area (Å²) >= 11 is 0. The number of rotatable bonds is 2. The number of fused-ring (bicyclic) bond motifs is 1. The Morgan fingerprint density at radius 2 is 2.11 bits per heavy atom. The van der Waals surface area contributed by atoms with Gasteiger partial charge in [0.15, 0.2) is 0 Å². The van der Waals surface area contributed by atoms with Crippen molar-refractivity contribution in [2.24, 2.45) is 0 Å². The average Bonchev–Trinajstić information content (AvgIpc) is 2.88. The van der Waals surface area contributed by atoms with E-state index in [4.69, 9.17) is 0 Å². The molecule has 0 aliphatic heterocycles. The lowest BCUT2D eigenvalue weighted by Crippen LogP contribution is -2.11. The maximum Gasteiger partial charge on any atom is 0.255 e. The Bertz CT molecular complexity index is 728. The van der Waals surface area contributed by atoms with Crippen LogP contribution < -0.4 is 5.32 Å². The van der Waals surface area contributed by atoms with Crippen molar-refractivity contribution >= 4 is 22.5 Å².